The van der Waals surface area contributed by atoms with Crippen molar-refractivity contribution in [1.29, 1.82) is 0 Å². The Balaban J connectivity index is 1.85. The van der Waals surface area contributed by atoms with Crippen molar-refractivity contribution in [3.05, 3.63) is 41.5 Å². The summed E-state index contributed by atoms with van der Waals surface area (Å²) in [5.41, 5.74) is 6.54. The predicted octanol–water partition coefficient (Wildman–Crippen LogP) is 2.73. The third kappa shape index (κ3) is 4.86. The molecular weight excluding hydrogens is 266 g/mol. The number of hydrogen-bond acceptors (Lipinski definition) is 5. The summed E-state index contributed by atoms with van der Waals surface area (Å²) in [6.07, 6.45) is 5.93. The third-order valence-electron chi connectivity index (χ3n) is 3.40. The van der Waals surface area contributed by atoms with Crippen LogP contribution in [0.3, 0.4) is 0 Å². The summed E-state index contributed by atoms with van der Waals surface area (Å²) in [4.78, 5) is 4.44. The van der Waals surface area contributed by atoms with Crippen molar-refractivity contribution in [2.45, 2.75) is 38.5 Å². The molecule has 5 nitrogen and oxygen atoms in total. The summed E-state index contributed by atoms with van der Waals surface area (Å²) >= 11 is 0. The number of benzene rings is 1. The van der Waals surface area contributed by atoms with Gasteiger partial charge in [-0.15, -0.1) is 0 Å². The molecule has 1 heterocycles. The van der Waals surface area contributed by atoms with E-state index < -0.39 is 0 Å². The van der Waals surface area contributed by atoms with Crippen LogP contribution >= 0.6 is 0 Å². The minimum Gasteiger partial charge on any atom is -0.496 e. The number of para-hydroxylation sites is 1. The molecule has 2 N–H and O–H groups in total. The van der Waals surface area contributed by atoms with Gasteiger partial charge in [-0.05, 0) is 25.5 Å². The number of aryl methyl sites for hydroxylation is 1. The van der Waals surface area contributed by atoms with Gasteiger partial charge >= 0.3 is 0 Å². The lowest BCUT2D eigenvalue weighted by Gasteiger charge is -2.05. The second-order valence-electron chi connectivity index (χ2n) is 5.05. The minimum atomic E-state index is 0.626. The summed E-state index contributed by atoms with van der Waals surface area (Å²) in [5.74, 6) is 2.27. The molecule has 0 saturated heterocycles. The van der Waals surface area contributed by atoms with Crippen LogP contribution in [0.2, 0.25) is 0 Å². The standard InChI is InChI=1S/C16H23N3O2/c1-20-14-9-6-5-8-13(14)12-15-18-16(21-19-15)10-4-2-3-7-11-17/h5-6,8-9H,2-4,7,10-12,17H2,1H3. The number of methoxy groups -OCH3 is 1. The second-order valence-corrected chi connectivity index (χ2v) is 5.05. The van der Waals surface area contributed by atoms with Crippen LogP contribution in [0, 0.1) is 0 Å². The molecule has 21 heavy (non-hydrogen) atoms. The Morgan fingerprint density at radius 2 is 1.95 bits per heavy atom. The molecule has 0 atom stereocenters. The van der Waals surface area contributed by atoms with E-state index in [1.807, 2.05) is 24.3 Å². The second kappa shape index (κ2) is 8.42. The number of hydrogen-bond donors (Lipinski definition) is 1. The van der Waals surface area contributed by atoms with Crippen molar-refractivity contribution >= 4 is 0 Å². The molecule has 0 aliphatic rings. The Hall–Kier alpha value is -1.88. The first-order valence-electron chi connectivity index (χ1n) is 7.47. The van der Waals surface area contributed by atoms with Gasteiger partial charge in [-0.2, -0.15) is 4.98 Å². The monoisotopic (exact) mass is 289 g/mol. The van der Waals surface area contributed by atoms with Gasteiger partial charge in [-0.1, -0.05) is 36.2 Å². The minimum absolute atomic E-state index is 0.626. The van der Waals surface area contributed by atoms with Crippen LogP contribution in [0.1, 0.15) is 43.0 Å². The maximum atomic E-state index is 5.47. The molecule has 0 radical (unpaired) electrons. The van der Waals surface area contributed by atoms with Crippen molar-refractivity contribution in [2.75, 3.05) is 13.7 Å². The van der Waals surface area contributed by atoms with Gasteiger partial charge in [-0.25, -0.2) is 0 Å². The van der Waals surface area contributed by atoms with Crippen molar-refractivity contribution in [2.24, 2.45) is 5.73 Å². The average Bonchev–Trinajstić information content (AvgIpc) is 2.95. The zero-order valence-corrected chi connectivity index (χ0v) is 12.5. The molecule has 5 heteroatoms. The highest BCUT2D eigenvalue weighted by atomic mass is 16.5. The van der Waals surface area contributed by atoms with Gasteiger partial charge in [0, 0.05) is 18.4 Å². The molecule has 1 aromatic heterocycles. The number of nitrogens with two attached hydrogens (primary N) is 1. The van der Waals surface area contributed by atoms with E-state index in [9.17, 15) is 0 Å². The van der Waals surface area contributed by atoms with E-state index >= 15 is 0 Å². The SMILES string of the molecule is COc1ccccc1Cc1noc(CCCCCCN)n1. The van der Waals surface area contributed by atoms with Gasteiger partial charge in [0.05, 0.1) is 7.11 Å². The highest BCUT2D eigenvalue weighted by Crippen LogP contribution is 2.20. The molecule has 2 rings (SSSR count). The van der Waals surface area contributed by atoms with Crippen LogP contribution in [-0.2, 0) is 12.8 Å². The van der Waals surface area contributed by atoms with E-state index in [0.29, 0.717) is 18.1 Å². The van der Waals surface area contributed by atoms with Gasteiger partial charge in [0.25, 0.3) is 0 Å². The van der Waals surface area contributed by atoms with Crippen LogP contribution in [0.25, 0.3) is 0 Å². The fourth-order valence-electron chi connectivity index (χ4n) is 2.26. The Morgan fingerprint density at radius 3 is 2.76 bits per heavy atom. The van der Waals surface area contributed by atoms with E-state index in [1.165, 1.54) is 6.42 Å². The van der Waals surface area contributed by atoms with E-state index in [2.05, 4.69) is 10.1 Å². The summed E-state index contributed by atoms with van der Waals surface area (Å²) in [6, 6.07) is 7.89. The number of aromatic nitrogens is 2. The molecule has 114 valence electrons. The maximum Gasteiger partial charge on any atom is 0.226 e. The Morgan fingerprint density at radius 1 is 1.14 bits per heavy atom. The lowest BCUT2D eigenvalue weighted by atomic mass is 10.1. The quantitative estimate of drug-likeness (QED) is 0.718. The zero-order chi connectivity index (χ0) is 14.9. The molecule has 0 unspecified atom stereocenters. The number of nitrogens with zero attached hydrogens (tertiary/aromatic N) is 2. The summed E-state index contributed by atoms with van der Waals surface area (Å²) < 4.78 is 10.6. The highest BCUT2D eigenvalue weighted by Gasteiger charge is 2.09. The molecule has 2 aromatic rings. The van der Waals surface area contributed by atoms with E-state index in [0.717, 1.165) is 43.5 Å². The third-order valence-corrected chi connectivity index (χ3v) is 3.40. The van der Waals surface area contributed by atoms with Crippen molar-refractivity contribution in [3.8, 4) is 5.75 Å². The molecular formula is C16H23N3O2. The molecule has 1 aromatic carbocycles. The molecule has 0 aliphatic heterocycles. The van der Waals surface area contributed by atoms with Crippen LogP contribution in [0.15, 0.2) is 28.8 Å². The predicted molar refractivity (Wildman–Crippen MR) is 81.3 cm³/mol. The lowest BCUT2D eigenvalue weighted by Crippen LogP contribution is -1.98. The van der Waals surface area contributed by atoms with E-state index in [-0.39, 0.29) is 0 Å². The van der Waals surface area contributed by atoms with Crippen LogP contribution in [0.4, 0.5) is 0 Å². The van der Waals surface area contributed by atoms with E-state index in [1.54, 1.807) is 7.11 Å². The number of ether oxygens (including phenoxy) is 1. The van der Waals surface area contributed by atoms with Crippen molar-refractivity contribution in [1.82, 2.24) is 10.1 Å². The maximum absolute atomic E-state index is 5.47. The number of rotatable bonds is 9. The Labute approximate surface area is 125 Å². The normalized spacial score (nSPS) is 10.8. The first kappa shape index (κ1) is 15.5. The summed E-state index contributed by atoms with van der Waals surface area (Å²) in [5, 5.41) is 4.04. The zero-order valence-electron chi connectivity index (χ0n) is 12.5. The molecule has 0 saturated carbocycles. The van der Waals surface area contributed by atoms with Gasteiger partial charge in [0.1, 0.15) is 5.75 Å². The number of unbranched alkanes of at least 4 members (excludes halogenated alkanes) is 3. The summed E-state index contributed by atoms with van der Waals surface area (Å²) in [7, 11) is 1.67. The van der Waals surface area contributed by atoms with Crippen molar-refractivity contribution < 1.29 is 9.26 Å². The fraction of sp³-hybridized carbons (Fsp3) is 0.500. The van der Waals surface area contributed by atoms with Gasteiger partial charge < -0.3 is 15.0 Å². The summed E-state index contributed by atoms with van der Waals surface area (Å²) in [6.45, 7) is 0.767. The van der Waals surface area contributed by atoms with Gasteiger partial charge in [0.15, 0.2) is 5.82 Å². The van der Waals surface area contributed by atoms with Crippen LogP contribution in [-0.4, -0.2) is 23.8 Å². The topological polar surface area (TPSA) is 74.2 Å². The molecule has 0 spiro atoms. The van der Waals surface area contributed by atoms with Crippen LogP contribution in [0.5, 0.6) is 5.75 Å². The smallest absolute Gasteiger partial charge is 0.226 e. The highest BCUT2D eigenvalue weighted by molar-refractivity contribution is 5.35. The Bertz CT molecular complexity index is 540. The van der Waals surface area contributed by atoms with E-state index in [4.69, 9.17) is 15.0 Å². The first-order chi connectivity index (χ1) is 10.3. The molecule has 0 fully saturated rings. The fourth-order valence-corrected chi connectivity index (χ4v) is 2.26. The molecule has 0 bridgehead atoms. The van der Waals surface area contributed by atoms with Gasteiger partial charge in [-0.3, -0.25) is 0 Å². The van der Waals surface area contributed by atoms with Gasteiger partial charge in [0.2, 0.25) is 5.89 Å². The average molecular weight is 289 g/mol. The lowest BCUT2D eigenvalue weighted by molar-refractivity contribution is 0.368. The van der Waals surface area contributed by atoms with Crippen LogP contribution < -0.4 is 10.5 Å². The molecule has 0 amide bonds. The molecule has 0 aliphatic carbocycles. The van der Waals surface area contributed by atoms with Crippen molar-refractivity contribution in [3.63, 3.8) is 0 Å². The first-order valence-corrected chi connectivity index (χ1v) is 7.47. The Kier molecular flexibility index (Phi) is 6.22. The largest absolute Gasteiger partial charge is 0.496 e.